The summed E-state index contributed by atoms with van der Waals surface area (Å²) in [7, 11) is 1.60. The van der Waals surface area contributed by atoms with Crippen LogP contribution < -0.4 is 11.1 Å². The molecule has 2 atom stereocenters. The summed E-state index contributed by atoms with van der Waals surface area (Å²) >= 11 is 0. The van der Waals surface area contributed by atoms with Crippen LogP contribution in [0.2, 0.25) is 0 Å². The number of likely N-dealkylation sites (N-methyl/N-ethyl adjacent to an activating group) is 1. The van der Waals surface area contributed by atoms with Crippen LogP contribution in [0.4, 0.5) is 0 Å². The van der Waals surface area contributed by atoms with E-state index in [0.717, 1.165) is 6.42 Å². The Morgan fingerprint density at radius 2 is 1.83 bits per heavy atom. The van der Waals surface area contributed by atoms with Crippen LogP contribution in [0.3, 0.4) is 0 Å². The Morgan fingerprint density at radius 3 is 2.22 bits per heavy atom. The van der Waals surface area contributed by atoms with Crippen LogP contribution >= 0.6 is 0 Å². The van der Waals surface area contributed by atoms with E-state index in [-0.39, 0.29) is 29.8 Å². The summed E-state index contributed by atoms with van der Waals surface area (Å²) in [5, 5.41) is 2.81. The van der Waals surface area contributed by atoms with Crippen molar-refractivity contribution in [1.29, 1.82) is 0 Å². The molecule has 0 bridgehead atoms. The van der Waals surface area contributed by atoms with Gasteiger partial charge in [-0.2, -0.15) is 0 Å². The van der Waals surface area contributed by atoms with Crippen molar-refractivity contribution in [1.82, 2.24) is 10.2 Å². The van der Waals surface area contributed by atoms with Gasteiger partial charge in [0.2, 0.25) is 11.8 Å². The fourth-order valence-corrected chi connectivity index (χ4v) is 1.50. The molecule has 0 fully saturated rings. The molecule has 2 amide bonds. The lowest BCUT2D eigenvalue weighted by molar-refractivity contribution is -0.137. The fraction of sp³-hybridized carbons (Fsp3) is 0.846. The Morgan fingerprint density at radius 1 is 1.33 bits per heavy atom. The highest BCUT2D eigenvalue weighted by atomic mass is 16.2. The topological polar surface area (TPSA) is 75.4 Å². The van der Waals surface area contributed by atoms with E-state index in [4.69, 9.17) is 5.73 Å². The van der Waals surface area contributed by atoms with Crippen molar-refractivity contribution in [2.24, 2.45) is 11.7 Å². The van der Waals surface area contributed by atoms with Crippen molar-refractivity contribution in [2.75, 3.05) is 13.6 Å². The van der Waals surface area contributed by atoms with E-state index in [1.807, 2.05) is 34.6 Å². The number of carbonyl (C=O) groups is 2. The standard InChI is InChI=1S/C13H27N3O2/c1-7-9(2)11(14)12(18)16(6)8-10(17)15-13(3,4)5/h9,11H,7-8,14H2,1-6H3,(H,15,17)/t9?,11-/m0/s1. The first-order valence-electron chi connectivity index (χ1n) is 6.40. The Balaban J connectivity index is 4.36. The predicted molar refractivity (Wildman–Crippen MR) is 73.0 cm³/mol. The molecule has 106 valence electrons. The second-order valence-corrected chi connectivity index (χ2v) is 5.90. The summed E-state index contributed by atoms with van der Waals surface area (Å²) in [5.41, 5.74) is 5.56. The molecule has 0 radical (unpaired) electrons. The third-order valence-corrected chi connectivity index (χ3v) is 2.81. The first kappa shape index (κ1) is 16.9. The lowest BCUT2D eigenvalue weighted by Gasteiger charge is -2.26. The minimum absolute atomic E-state index is 0.0419. The van der Waals surface area contributed by atoms with Gasteiger partial charge in [0.25, 0.3) is 0 Å². The molecule has 5 nitrogen and oxygen atoms in total. The third-order valence-electron chi connectivity index (χ3n) is 2.81. The lowest BCUT2D eigenvalue weighted by Crippen LogP contribution is -2.50. The highest BCUT2D eigenvalue weighted by Crippen LogP contribution is 2.07. The second-order valence-electron chi connectivity index (χ2n) is 5.90. The van der Waals surface area contributed by atoms with Gasteiger partial charge in [0.1, 0.15) is 0 Å². The molecular formula is C13H27N3O2. The van der Waals surface area contributed by atoms with Gasteiger partial charge in [-0.05, 0) is 26.7 Å². The maximum atomic E-state index is 12.0. The largest absolute Gasteiger partial charge is 0.350 e. The number of hydrogen-bond acceptors (Lipinski definition) is 3. The quantitative estimate of drug-likeness (QED) is 0.762. The molecule has 0 aromatic carbocycles. The van der Waals surface area contributed by atoms with Crippen LogP contribution in [0.15, 0.2) is 0 Å². The Kier molecular flexibility index (Phi) is 6.32. The van der Waals surface area contributed by atoms with Crippen LogP contribution in [0.1, 0.15) is 41.0 Å². The second kappa shape index (κ2) is 6.73. The molecular weight excluding hydrogens is 230 g/mol. The van der Waals surface area contributed by atoms with E-state index in [1.165, 1.54) is 4.90 Å². The zero-order chi connectivity index (χ0) is 14.5. The van der Waals surface area contributed by atoms with Gasteiger partial charge in [-0.15, -0.1) is 0 Å². The Bertz CT molecular complexity index is 297. The number of nitrogens with zero attached hydrogens (tertiary/aromatic N) is 1. The number of nitrogens with one attached hydrogen (secondary N) is 1. The number of hydrogen-bond donors (Lipinski definition) is 2. The zero-order valence-electron chi connectivity index (χ0n) is 12.4. The van der Waals surface area contributed by atoms with E-state index in [2.05, 4.69) is 5.32 Å². The minimum atomic E-state index is -0.539. The molecule has 18 heavy (non-hydrogen) atoms. The van der Waals surface area contributed by atoms with Gasteiger partial charge in [-0.3, -0.25) is 9.59 Å². The normalized spacial score (nSPS) is 14.8. The monoisotopic (exact) mass is 257 g/mol. The lowest BCUT2D eigenvalue weighted by atomic mass is 9.99. The molecule has 0 saturated carbocycles. The fourth-order valence-electron chi connectivity index (χ4n) is 1.50. The van der Waals surface area contributed by atoms with Crippen molar-refractivity contribution >= 4 is 11.8 Å². The van der Waals surface area contributed by atoms with E-state index in [9.17, 15) is 9.59 Å². The summed E-state index contributed by atoms with van der Waals surface area (Å²) < 4.78 is 0. The van der Waals surface area contributed by atoms with Crippen molar-refractivity contribution in [3.8, 4) is 0 Å². The molecule has 0 aliphatic rings. The number of amides is 2. The molecule has 0 rings (SSSR count). The SMILES string of the molecule is CCC(C)[C@H](N)C(=O)N(C)CC(=O)NC(C)(C)C. The van der Waals surface area contributed by atoms with Crippen LogP contribution in [0.5, 0.6) is 0 Å². The smallest absolute Gasteiger partial charge is 0.240 e. The maximum absolute atomic E-state index is 12.0. The molecule has 0 spiro atoms. The van der Waals surface area contributed by atoms with E-state index >= 15 is 0 Å². The van der Waals surface area contributed by atoms with E-state index < -0.39 is 6.04 Å². The molecule has 1 unspecified atom stereocenters. The highest BCUT2D eigenvalue weighted by molar-refractivity contribution is 5.87. The average molecular weight is 257 g/mol. The van der Waals surface area contributed by atoms with Gasteiger partial charge >= 0.3 is 0 Å². The van der Waals surface area contributed by atoms with Crippen molar-refractivity contribution < 1.29 is 9.59 Å². The van der Waals surface area contributed by atoms with E-state index in [1.54, 1.807) is 7.05 Å². The molecule has 0 aromatic heterocycles. The molecule has 0 heterocycles. The summed E-state index contributed by atoms with van der Waals surface area (Å²) in [5.74, 6) is -0.242. The van der Waals surface area contributed by atoms with Gasteiger partial charge in [0.05, 0.1) is 12.6 Å². The summed E-state index contributed by atoms with van der Waals surface area (Å²) in [6.07, 6.45) is 0.842. The van der Waals surface area contributed by atoms with Crippen molar-refractivity contribution in [3.05, 3.63) is 0 Å². The summed E-state index contributed by atoms with van der Waals surface area (Å²) in [6.45, 7) is 9.67. The maximum Gasteiger partial charge on any atom is 0.240 e. The molecule has 0 aliphatic heterocycles. The predicted octanol–water partition coefficient (Wildman–Crippen LogP) is 0.733. The zero-order valence-corrected chi connectivity index (χ0v) is 12.4. The first-order chi connectivity index (χ1) is 8.08. The van der Waals surface area contributed by atoms with Crippen molar-refractivity contribution in [2.45, 2.75) is 52.6 Å². The molecule has 0 saturated heterocycles. The minimum Gasteiger partial charge on any atom is -0.350 e. The average Bonchev–Trinajstić information content (AvgIpc) is 2.22. The molecule has 5 heteroatoms. The third kappa shape index (κ3) is 6.00. The summed E-state index contributed by atoms with van der Waals surface area (Å²) in [6, 6.07) is -0.539. The number of carbonyl (C=O) groups excluding carboxylic acids is 2. The van der Waals surface area contributed by atoms with Crippen LogP contribution in [0.25, 0.3) is 0 Å². The van der Waals surface area contributed by atoms with Gasteiger partial charge in [-0.25, -0.2) is 0 Å². The first-order valence-corrected chi connectivity index (χ1v) is 6.40. The van der Waals surface area contributed by atoms with Crippen LogP contribution in [0, 0.1) is 5.92 Å². The molecule has 0 aromatic rings. The van der Waals surface area contributed by atoms with Crippen LogP contribution in [-0.2, 0) is 9.59 Å². The van der Waals surface area contributed by atoms with Crippen molar-refractivity contribution in [3.63, 3.8) is 0 Å². The molecule has 0 aliphatic carbocycles. The highest BCUT2D eigenvalue weighted by Gasteiger charge is 2.24. The Labute approximate surface area is 110 Å². The van der Waals surface area contributed by atoms with Gasteiger partial charge < -0.3 is 16.0 Å². The van der Waals surface area contributed by atoms with Crippen LogP contribution in [-0.4, -0.2) is 41.9 Å². The number of rotatable bonds is 5. The van der Waals surface area contributed by atoms with Gasteiger partial charge in [0, 0.05) is 12.6 Å². The summed E-state index contributed by atoms with van der Waals surface area (Å²) in [4.78, 5) is 25.0. The number of nitrogens with two attached hydrogens (primary N) is 1. The molecule has 3 N–H and O–H groups in total. The van der Waals surface area contributed by atoms with Gasteiger partial charge in [-0.1, -0.05) is 20.3 Å². The van der Waals surface area contributed by atoms with E-state index in [0.29, 0.717) is 0 Å². The Hall–Kier alpha value is -1.10. The van der Waals surface area contributed by atoms with Gasteiger partial charge in [0.15, 0.2) is 0 Å².